The normalized spacial score (nSPS) is 11.5. The molecule has 0 atom stereocenters. The molecular weight excluding hydrogens is 232 g/mol. The van der Waals surface area contributed by atoms with Gasteiger partial charge in [-0.3, -0.25) is 0 Å². The third-order valence-electron chi connectivity index (χ3n) is 2.46. The van der Waals surface area contributed by atoms with Crippen LogP contribution in [0.3, 0.4) is 0 Å². The molecule has 17 heavy (non-hydrogen) atoms. The number of carbonyl (C=O) groups is 1. The first-order chi connectivity index (χ1) is 8.16. The van der Waals surface area contributed by atoms with E-state index in [4.69, 9.17) is 5.11 Å². The van der Waals surface area contributed by atoms with Crippen molar-refractivity contribution in [3.05, 3.63) is 53.4 Å². The fraction of sp³-hybridized carbons (Fsp3) is 0.0714. The van der Waals surface area contributed by atoms with Crippen LogP contribution in [0.1, 0.15) is 12.5 Å². The number of aliphatic carboxylic acids is 1. The van der Waals surface area contributed by atoms with E-state index in [9.17, 15) is 4.79 Å². The van der Waals surface area contributed by atoms with Crippen molar-refractivity contribution >= 4 is 22.9 Å². The number of thiophene rings is 1. The lowest BCUT2D eigenvalue weighted by Crippen LogP contribution is -1.90. The van der Waals surface area contributed by atoms with E-state index in [-0.39, 0.29) is 0 Å². The Morgan fingerprint density at radius 1 is 1.29 bits per heavy atom. The second kappa shape index (κ2) is 4.97. The maximum absolute atomic E-state index is 10.6. The van der Waals surface area contributed by atoms with Crippen molar-refractivity contribution in [1.82, 2.24) is 0 Å². The van der Waals surface area contributed by atoms with Gasteiger partial charge in [0.1, 0.15) is 0 Å². The topological polar surface area (TPSA) is 37.3 Å². The highest BCUT2D eigenvalue weighted by Gasteiger charge is 2.02. The van der Waals surface area contributed by atoms with Gasteiger partial charge in [-0.2, -0.15) is 0 Å². The average Bonchev–Trinajstić information content (AvgIpc) is 2.82. The molecule has 0 unspecified atom stereocenters. The van der Waals surface area contributed by atoms with E-state index in [1.807, 2.05) is 42.6 Å². The molecule has 0 aliphatic heterocycles. The van der Waals surface area contributed by atoms with Gasteiger partial charge in [0.2, 0.25) is 0 Å². The van der Waals surface area contributed by atoms with Crippen LogP contribution in [0, 0.1) is 0 Å². The third-order valence-corrected chi connectivity index (χ3v) is 3.38. The van der Waals surface area contributed by atoms with Crippen molar-refractivity contribution < 1.29 is 9.90 Å². The van der Waals surface area contributed by atoms with Gasteiger partial charge in [0.15, 0.2) is 0 Å². The molecule has 3 heteroatoms. The first-order valence-corrected chi connectivity index (χ1v) is 6.10. The maximum atomic E-state index is 10.6. The number of hydrogen-bond acceptors (Lipinski definition) is 2. The van der Waals surface area contributed by atoms with Crippen molar-refractivity contribution in [3.8, 4) is 10.4 Å². The van der Waals surface area contributed by atoms with E-state index in [1.54, 1.807) is 11.3 Å². The van der Waals surface area contributed by atoms with Crippen LogP contribution < -0.4 is 0 Å². The van der Waals surface area contributed by atoms with Crippen molar-refractivity contribution in [2.75, 3.05) is 0 Å². The number of rotatable bonds is 3. The molecule has 1 heterocycles. The Morgan fingerprint density at radius 3 is 2.76 bits per heavy atom. The molecule has 0 radical (unpaired) electrons. The lowest BCUT2D eigenvalue weighted by molar-refractivity contribution is -0.131. The Kier molecular flexibility index (Phi) is 3.40. The quantitative estimate of drug-likeness (QED) is 0.831. The lowest BCUT2D eigenvalue weighted by Gasteiger charge is -2.03. The van der Waals surface area contributed by atoms with E-state index in [1.165, 1.54) is 11.0 Å². The zero-order valence-electron chi connectivity index (χ0n) is 9.38. The summed E-state index contributed by atoms with van der Waals surface area (Å²) in [5.41, 5.74) is 2.82. The number of carboxylic acid groups (broad SMARTS) is 1. The predicted octanol–water partition coefficient (Wildman–Crippen LogP) is 3.90. The van der Waals surface area contributed by atoms with Crippen LogP contribution in [0.4, 0.5) is 0 Å². The van der Waals surface area contributed by atoms with E-state index >= 15 is 0 Å². The fourth-order valence-corrected chi connectivity index (χ4v) is 2.35. The second-order valence-electron chi connectivity index (χ2n) is 3.72. The summed E-state index contributed by atoms with van der Waals surface area (Å²) in [7, 11) is 0. The summed E-state index contributed by atoms with van der Waals surface area (Å²) in [5, 5.41) is 10.8. The van der Waals surface area contributed by atoms with E-state index in [0.717, 1.165) is 16.7 Å². The highest BCUT2D eigenvalue weighted by Crippen LogP contribution is 2.27. The molecule has 2 aromatic rings. The molecule has 0 fully saturated rings. The Bertz CT molecular complexity index is 553. The second-order valence-corrected chi connectivity index (χ2v) is 4.67. The van der Waals surface area contributed by atoms with Crippen molar-refractivity contribution in [2.24, 2.45) is 0 Å². The number of carboxylic acids is 1. The smallest absolute Gasteiger partial charge is 0.328 e. The van der Waals surface area contributed by atoms with Gasteiger partial charge in [0.25, 0.3) is 0 Å². The Morgan fingerprint density at radius 2 is 2.12 bits per heavy atom. The standard InChI is InChI=1S/C14H12O2S/c1-10(8-14(15)16)11-4-2-5-12(9-11)13-6-3-7-17-13/h2-9H,1H3,(H,15,16)/b10-8+. The monoisotopic (exact) mass is 244 g/mol. The Labute approximate surface area is 104 Å². The minimum absolute atomic E-state index is 0.760. The summed E-state index contributed by atoms with van der Waals surface area (Å²) >= 11 is 1.67. The van der Waals surface area contributed by atoms with Crippen molar-refractivity contribution in [1.29, 1.82) is 0 Å². The molecule has 0 spiro atoms. The number of hydrogen-bond donors (Lipinski definition) is 1. The molecule has 0 saturated carbocycles. The summed E-state index contributed by atoms with van der Waals surface area (Å²) in [6.07, 6.45) is 1.23. The van der Waals surface area contributed by atoms with Crippen LogP contribution in [-0.4, -0.2) is 11.1 Å². The van der Waals surface area contributed by atoms with Gasteiger partial charge in [-0.25, -0.2) is 4.79 Å². The summed E-state index contributed by atoms with van der Waals surface area (Å²) in [6.45, 7) is 1.81. The highest BCUT2D eigenvalue weighted by molar-refractivity contribution is 7.13. The van der Waals surface area contributed by atoms with Crippen LogP contribution in [0.25, 0.3) is 16.0 Å². The molecule has 0 bridgehead atoms. The molecule has 2 nitrogen and oxygen atoms in total. The van der Waals surface area contributed by atoms with Crippen molar-refractivity contribution in [2.45, 2.75) is 6.92 Å². The highest BCUT2D eigenvalue weighted by atomic mass is 32.1. The summed E-state index contributed by atoms with van der Waals surface area (Å²) < 4.78 is 0. The molecule has 1 aromatic heterocycles. The van der Waals surface area contributed by atoms with E-state index in [0.29, 0.717) is 0 Å². The van der Waals surface area contributed by atoms with Crippen molar-refractivity contribution in [3.63, 3.8) is 0 Å². The molecule has 2 rings (SSSR count). The lowest BCUT2D eigenvalue weighted by atomic mass is 10.0. The average molecular weight is 244 g/mol. The summed E-state index contributed by atoms with van der Waals surface area (Å²) in [6, 6.07) is 12.0. The zero-order valence-corrected chi connectivity index (χ0v) is 10.2. The number of allylic oxidation sites excluding steroid dienone is 1. The third kappa shape index (κ3) is 2.82. The zero-order chi connectivity index (χ0) is 12.3. The van der Waals surface area contributed by atoms with Crippen LogP contribution in [0.2, 0.25) is 0 Å². The molecule has 0 amide bonds. The van der Waals surface area contributed by atoms with Gasteiger partial charge in [-0.1, -0.05) is 24.3 Å². The first kappa shape index (κ1) is 11.6. The molecule has 0 aliphatic rings. The SMILES string of the molecule is C/C(=C\C(=O)O)c1cccc(-c2cccs2)c1. The van der Waals surface area contributed by atoms with Gasteiger partial charge in [-0.15, -0.1) is 11.3 Å². The maximum Gasteiger partial charge on any atom is 0.328 e. The van der Waals surface area contributed by atoms with Crippen LogP contribution in [0.15, 0.2) is 47.9 Å². The largest absolute Gasteiger partial charge is 0.478 e. The van der Waals surface area contributed by atoms with E-state index in [2.05, 4.69) is 6.07 Å². The fourth-order valence-electron chi connectivity index (χ4n) is 1.63. The molecular formula is C14H12O2S. The van der Waals surface area contributed by atoms with Crippen LogP contribution >= 0.6 is 11.3 Å². The van der Waals surface area contributed by atoms with E-state index < -0.39 is 5.97 Å². The molecule has 1 aromatic carbocycles. The van der Waals surface area contributed by atoms with Crippen LogP contribution in [0.5, 0.6) is 0 Å². The summed E-state index contributed by atoms with van der Waals surface area (Å²) in [5.74, 6) is -0.913. The van der Waals surface area contributed by atoms with Gasteiger partial charge in [-0.05, 0) is 41.1 Å². The Balaban J connectivity index is 2.39. The predicted molar refractivity (Wildman–Crippen MR) is 71.0 cm³/mol. The molecule has 0 saturated heterocycles. The van der Waals surface area contributed by atoms with Gasteiger partial charge < -0.3 is 5.11 Å². The summed E-state index contributed by atoms with van der Waals surface area (Å²) in [4.78, 5) is 11.8. The van der Waals surface area contributed by atoms with Crippen LogP contribution in [-0.2, 0) is 4.79 Å². The minimum atomic E-state index is -0.913. The molecule has 86 valence electrons. The molecule has 0 aliphatic carbocycles. The molecule has 1 N–H and O–H groups in total. The Hall–Kier alpha value is -1.87. The van der Waals surface area contributed by atoms with Gasteiger partial charge in [0, 0.05) is 11.0 Å². The number of benzene rings is 1. The van der Waals surface area contributed by atoms with Gasteiger partial charge >= 0.3 is 5.97 Å². The first-order valence-electron chi connectivity index (χ1n) is 5.22. The van der Waals surface area contributed by atoms with Gasteiger partial charge in [0.05, 0.1) is 0 Å². The minimum Gasteiger partial charge on any atom is -0.478 e.